The molecule has 2 heterocycles. The number of benzene rings is 3. The van der Waals surface area contributed by atoms with Crippen molar-refractivity contribution < 1.29 is 18.7 Å². The minimum atomic E-state index is -0.203. The molecule has 0 aliphatic carbocycles. The van der Waals surface area contributed by atoms with Gasteiger partial charge in [-0.05, 0) is 84.7 Å². The van der Waals surface area contributed by atoms with Crippen LogP contribution in [0.1, 0.15) is 56.3 Å². The van der Waals surface area contributed by atoms with E-state index in [-0.39, 0.29) is 36.3 Å². The van der Waals surface area contributed by atoms with Gasteiger partial charge in [-0.2, -0.15) is 0 Å². The summed E-state index contributed by atoms with van der Waals surface area (Å²) < 4.78 is 26.7. The summed E-state index contributed by atoms with van der Waals surface area (Å²) in [6.07, 6.45) is 3.21. The SMILES string of the molecule is CC(C)[C@@H]1C[C@H](c2ccccc2F)CO[C@H]1c1cccc(OCC(=O)Nc2ccc(N3CCCC3)cc2)c1. The molecule has 0 unspecified atom stereocenters. The van der Waals surface area contributed by atoms with Gasteiger partial charge in [-0.1, -0.05) is 44.2 Å². The van der Waals surface area contributed by atoms with Crippen molar-refractivity contribution >= 4 is 17.3 Å². The fraction of sp³-hybridized carbons (Fsp3) is 0.406. The number of anilines is 2. The van der Waals surface area contributed by atoms with E-state index in [9.17, 15) is 9.18 Å². The van der Waals surface area contributed by atoms with Crippen molar-refractivity contribution in [1.29, 1.82) is 0 Å². The van der Waals surface area contributed by atoms with Crippen LogP contribution in [0.15, 0.2) is 72.8 Å². The van der Waals surface area contributed by atoms with Crippen molar-refractivity contribution in [3.63, 3.8) is 0 Å². The highest BCUT2D eigenvalue weighted by atomic mass is 19.1. The van der Waals surface area contributed by atoms with Gasteiger partial charge in [-0.25, -0.2) is 4.39 Å². The van der Waals surface area contributed by atoms with Crippen molar-refractivity contribution in [3.8, 4) is 5.75 Å². The number of hydrogen-bond acceptors (Lipinski definition) is 4. The van der Waals surface area contributed by atoms with Gasteiger partial charge in [0.1, 0.15) is 11.6 Å². The van der Waals surface area contributed by atoms with Gasteiger partial charge in [-0.3, -0.25) is 4.79 Å². The molecular formula is C32H37FN2O3. The molecule has 0 bridgehead atoms. The Morgan fingerprint density at radius 1 is 1.05 bits per heavy atom. The predicted molar refractivity (Wildman–Crippen MR) is 149 cm³/mol. The molecule has 38 heavy (non-hydrogen) atoms. The van der Waals surface area contributed by atoms with Gasteiger partial charge in [0.2, 0.25) is 0 Å². The normalized spacial score (nSPS) is 21.5. The summed E-state index contributed by atoms with van der Waals surface area (Å²) in [6.45, 7) is 6.95. The first-order chi connectivity index (χ1) is 18.5. The van der Waals surface area contributed by atoms with E-state index in [1.807, 2.05) is 48.5 Å². The molecule has 1 N–H and O–H groups in total. The average molecular weight is 517 g/mol. The monoisotopic (exact) mass is 516 g/mol. The van der Waals surface area contributed by atoms with Crippen LogP contribution in [0.5, 0.6) is 5.75 Å². The summed E-state index contributed by atoms with van der Waals surface area (Å²) in [5, 5.41) is 2.92. The lowest BCUT2D eigenvalue weighted by Crippen LogP contribution is -2.31. The van der Waals surface area contributed by atoms with E-state index in [4.69, 9.17) is 9.47 Å². The van der Waals surface area contributed by atoms with E-state index in [0.29, 0.717) is 18.3 Å². The van der Waals surface area contributed by atoms with Crippen LogP contribution in [0, 0.1) is 17.7 Å². The van der Waals surface area contributed by atoms with Crippen LogP contribution in [0.3, 0.4) is 0 Å². The summed E-state index contributed by atoms with van der Waals surface area (Å²) in [5.41, 5.74) is 3.70. The number of nitrogens with zero attached hydrogens (tertiary/aromatic N) is 1. The number of carbonyl (C=O) groups excluding carboxylic acids is 1. The zero-order valence-electron chi connectivity index (χ0n) is 22.2. The summed E-state index contributed by atoms with van der Waals surface area (Å²) in [6, 6.07) is 22.8. The molecule has 1 amide bonds. The van der Waals surface area contributed by atoms with Crippen LogP contribution in [0.2, 0.25) is 0 Å². The fourth-order valence-electron chi connectivity index (χ4n) is 5.71. The summed E-state index contributed by atoms with van der Waals surface area (Å²) in [5.74, 6) is 0.887. The standard InChI is InChI=1S/C32H37FN2O3/c1-22(2)29-19-24(28-10-3-4-11-30(28)33)20-38-32(29)23-8-7-9-27(18-23)37-21-31(36)34-25-12-14-26(15-13-25)35-16-5-6-17-35/h3-4,7-15,18,22,24,29,32H,5-6,16-17,19-21H2,1-2H3,(H,34,36)/t24-,29-,32-/m0/s1. The van der Waals surface area contributed by atoms with E-state index in [0.717, 1.165) is 36.3 Å². The maximum Gasteiger partial charge on any atom is 0.262 e. The highest BCUT2D eigenvalue weighted by Crippen LogP contribution is 2.44. The Morgan fingerprint density at radius 3 is 2.55 bits per heavy atom. The average Bonchev–Trinajstić information content (AvgIpc) is 3.48. The van der Waals surface area contributed by atoms with Gasteiger partial charge in [0, 0.05) is 30.4 Å². The molecule has 2 aliphatic heterocycles. The highest BCUT2D eigenvalue weighted by molar-refractivity contribution is 5.92. The Morgan fingerprint density at radius 2 is 1.82 bits per heavy atom. The molecule has 3 aromatic rings. The molecule has 2 fully saturated rings. The van der Waals surface area contributed by atoms with Gasteiger partial charge in [-0.15, -0.1) is 0 Å². The molecular weight excluding hydrogens is 479 g/mol. The molecule has 2 saturated heterocycles. The molecule has 5 rings (SSSR count). The Hall–Kier alpha value is -3.38. The molecule has 0 saturated carbocycles. The number of halogens is 1. The summed E-state index contributed by atoms with van der Waals surface area (Å²) in [7, 11) is 0. The maximum absolute atomic E-state index is 14.4. The van der Waals surface area contributed by atoms with Crippen LogP contribution in [0.25, 0.3) is 0 Å². The number of rotatable bonds is 8. The second-order valence-corrected chi connectivity index (χ2v) is 10.8. The highest BCUT2D eigenvalue weighted by Gasteiger charge is 2.35. The van der Waals surface area contributed by atoms with Gasteiger partial charge >= 0.3 is 0 Å². The van der Waals surface area contributed by atoms with Crippen LogP contribution in [-0.2, 0) is 9.53 Å². The topological polar surface area (TPSA) is 50.8 Å². The minimum absolute atomic E-state index is 0.0346. The van der Waals surface area contributed by atoms with Crippen molar-refractivity contribution in [3.05, 3.63) is 89.7 Å². The van der Waals surface area contributed by atoms with Crippen molar-refractivity contribution in [2.45, 2.75) is 45.1 Å². The zero-order chi connectivity index (χ0) is 26.5. The number of hydrogen-bond donors (Lipinski definition) is 1. The molecule has 0 radical (unpaired) electrons. The van der Waals surface area contributed by atoms with Crippen molar-refractivity contribution in [1.82, 2.24) is 0 Å². The van der Waals surface area contributed by atoms with Crippen LogP contribution >= 0.6 is 0 Å². The predicted octanol–water partition coefficient (Wildman–Crippen LogP) is 6.96. The summed E-state index contributed by atoms with van der Waals surface area (Å²) in [4.78, 5) is 14.9. The van der Waals surface area contributed by atoms with Gasteiger partial charge in [0.05, 0.1) is 12.7 Å². The molecule has 3 atom stereocenters. The minimum Gasteiger partial charge on any atom is -0.484 e. The second-order valence-electron chi connectivity index (χ2n) is 10.8. The number of amides is 1. The zero-order valence-corrected chi connectivity index (χ0v) is 22.2. The Kier molecular flexibility index (Phi) is 8.28. The first kappa shape index (κ1) is 26.2. The van der Waals surface area contributed by atoms with Crippen molar-refractivity contribution in [2.75, 3.05) is 36.5 Å². The second kappa shape index (κ2) is 12.0. The lowest BCUT2D eigenvalue weighted by Gasteiger charge is -2.39. The summed E-state index contributed by atoms with van der Waals surface area (Å²) >= 11 is 0. The van der Waals surface area contributed by atoms with E-state index >= 15 is 0 Å². The third-order valence-electron chi connectivity index (χ3n) is 7.80. The van der Waals surface area contributed by atoms with Crippen LogP contribution in [-0.4, -0.2) is 32.2 Å². The largest absolute Gasteiger partial charge is 0.484 e. The molecule has 2 aliphatic rings. The lowest BCUT2D eigenvalue weighted by molar-refractivity contribution is -0.118. The van der Waals surface area contributed by atoms with Crippen molar-refractivity contribution in [2.24, 2.45) is 11.8 Å². The first-order valence-corrected chi connectivity index (χ1v) is 13.7. The third-order valence-corrected chi connectivity index (χ3v) is 7.80. The van der Waals surface area contributed by atoms with E-state index < -0.39 is 0 Å². The van der Waals surface area contributed by atoms with E-state index in [1.165, 1.54) is 24.6 Å². The number of carbonyl (C=O) groups is 1. The maximum atomic E-state index is 14.4. The molecule has 0 aromatic heterocycles. The Balaban J connectivity index is 1.19. The quantitative estimate of drug-likeness (QED) is 0.352. The molecule has 0 spiro atoms. The Labute approximate surface area is 225 Å². The number of nitrogens with one attached hydrogen (secondary N) is 1. The van der Waals surface area contributed by atoms with Gasteiger partial charge in [0.15, 0.2) is 6.61 Å². The molecule has 3 aromatic carbocycles. The van der Waals surface area contributed by atoms with E-state index in [1.54, 1.807) is 6.07 Å². The van der Waals surface area contributed by atoms with E-state index in [2.05, 4.69) is 36.2 Å². The fourth-order valence-corrected chi connectivity index (χ4v) is 5.71. The molecule has 6 heteroatoms. The smallest absolute Gasteiger partial charge is 0.262 e. The van der Waals surface area contributed by atoms with Gasteiger partial charge < -0.3 is 19.7 Å². The Bertz CT molecular complexity index is 1220. The van der Waals surface area contributed by atoms with Crippen LogP contribution in [0.4, 0.5) is 15.8 Å². The molecule has 200 valence electrons. The lowest BCUT2D eigenvalue weighted by atomic mass is 9.76. The third kappa shape index (κ3) is 6.18. The molecule has 5 nitrogen and oxygen atoms in total. The number of ether oxygens (including phenoxy) is 2. The first-order valence-electron chi connectivity index (χ1n) is 13.7. The van der Waals surface area contributed by atoms with Crippen LogP contribution < -0.4 is 15.0 Å². The van der Waals surface area contributed by atoms with Gasteiger partial charge in [0.25, 0.3) is 5.91 Å².